The molecule has 6 atom stereocenters. The van der Waals surface area contributed by atoms with Gasteiger partial charge in [-0.1, -0.05) is 36.0 Å². The van der Waals surface area contributed by atoms with Gasteiger partial charge in [0.25, 0.3) is 0 Å². The maximum absolute atomic E-state index is 2.97. The third kappa shape index (κ3) is 3.56. The fourth-order valence-electron chi connectivity index (χ4n) is 7.44. The molecule has 5 aliphatic heterocycles. The second-order valence-corrected chi connectivity index (χ2v) is 10.2. The Bertz CT molecular complexity index is 632. The summed E-state index contributed by atoms with van der Waals surface area (Å²) >= 11 is 0. The number of hydrogen-bond acceptors (Lipinski definition) is 2. The van der Waals surface area contributed by atoms with E-state index >= 15 is 0 Å². The van der Waals surface area contributed by atoms with Gasteiger partial charge in [-0.2, -0.15) is 0 Å². The highest BCUT2D eigenvalue weighted by molar-refractivity contribution is 5.30. The minimum Gasteiger partial charge on any atom is -0.303 e. The molecule has 0 aromatic rings. The van der Waals surface area contributed by atoms with Crippen molar-refractivity contribution < 1.29 is 0 Å². The molecule has 0 aromatic heterocycles. The van der Waals surface area contributed by atoms with Crippen molar-refractivity contribution >= 4 is 0 Å². The van der Waals surface area contributed by atoms with Gasteiger partial charge < -0.3 is 4.90 Å². The van der Waals surface area contributed by atoms with Crippen LogP contribution < -0.4 is 0 Å². The number of allylic oxidation sites excluding steroid dienone is 4. The lowest BCUT2D eigenvalue weighted by molar-refractivity contribution is -0.109. The van der Waals surface area contributed by atoms with Crippen LogP contribution in [0, 0.1) is 17.3 Å². The first-order chi connectivity index (χ1) is 13.9. The molecule has 4 unspecified atom stereocenters. The molecule has 0 N–H and O–H groups in total. The van der Waals surface area contributed by atoms with Crippen LogP contribution >= 0.6 is 0 Å². The molecule has 0 amide bonds. The van der Waals surface area contributed by atoms with Crippen LogP contribution in [0.2, 0.25) is 0 Å². The molecule has 2 saturated heterocycles. The Labute approximate surface area is 172 Å². The van der Waals surface area contributed by atoms with E-state index in [1.54, 1.807) is 0 Å². The summed E-state index contributed by atoms with van der Waals surface area (Å²) < 4.78 is 0. The van der Waals surface area contributed by atoms with Crippen LogP contribution in [0.4, 0.5) is 0 Å². The Morgan fingerprint density at radius 3 is 2.50 bits per heavy atom. The molecule has 0 aromatic carbocycles. The number of nitrogens with zero attached hydrogens (tertiary/aromatic N) is 2. The van der Waals surface area contributed by atoms with Gasteiger partial charge in [-0.15, -0.1) is 0 Å². The second-order valence-electron chi connectivity index (χ2n) is 10.2. The van der Waals surface area contributed by atoms with Crippen LogP contribution in [0.5, 0.6) is 0 Å². The first-order valence-corrected chi connectivity index (χ1v) is 12.3. The van der Waals surface area contributed by atoms with Crippen LogP contribution in [-0.4, -0.2) is 48.6 Å². The highest BCUT2D eigenvalue weighted by atomic mass is 15.2. The standard InChI is InChI=1S/C26H40N2/c1-3-7-11-16-27-18-14-24-23-19-22(13-9-5-1)25-26(24,21-27)15-10-6-2-4-8-12-17-28(25)20-23/h1-2,5-6,19,23-25H,3-4,7-18,20-21H2/b5-1-,6-2-/t23?,24?,25-,26-/m0/s1. The zero-order valence-electron chi connectivity index (χ0n) is 17.8. The average molecular weight is 381 g/mol. The van der Waals surface area contributed by atoms with Crippen molar-refractivity contribution in [3.8, 4) is 0 Å². The summed E-state index contributed by atoms with van der Waals surface area (Å²) in [5.74, 6) is 1.75. The van der Waals surface area contributed by atoms with E-state index in [0.29, 0.717) is 5.41 Å². The monoisotopic (exact) mass is 380 g/mol. The number of fused-ring (bicyclic) bond motifs is 1. The lowest BCUT2D eigenvalue weighted by Crippen LogP contribution is -2.68. The quantitative estimate of drug-likeness (QED) is 0.507. The maximum atomic E-state index is 2.97. The summed E-state index contributed by atoms with van der Waals surface area (Å²) in [4.78, 5) is 5.84. The normalized spacial score (nSPS) is 46.3. The van der Waals surface area contributed by atoms with Crippen molar-refractivity contribution in [1.29, 1.82) is 0 Å². The van der Waals surface area contributed by atoms with E-state index in [4.69, 9.17) is 0 Å². The van der Waals surface area contributed by atoms with E-state index in [0.717, 1.165) is 17.9 Å². The van der Waals surface area contributed by atoms with Crippen LogP contribution in [0.15, 0.2) is 36.0 Å². The molecule has 6 bridgehead atoms. The number of hydrogen-bond donors (Lipinski definition) is 0. The molecule has 1 aliphatic carbocycles. The van der Waals surface area contributed by atoms with Gasteiger partial charge >= 0.3 is 0 Å². The van der Waals surface area contributed by atoms with E-state index < -0.39 is 0 Å². The van der Waals surface area contributed by atoms with E-state index in [1.165, 1.54) is 103 Å². The van der Waals surface area contributed by atoms with Gasteiger partial charge in [0.05, 0.1) is 0 Å². The lowest BCUT2D eigenvalue weighted by Gasteiger charge is -2.64. The van der Waals surface area contributed by atoms with E-state index in [9.17, 15) is 0 Å². The van der Waals surface area contributed by atoms with Gasteiger partial charge in [-0.25, -0.2) is 0 Å². The number of rotatable bonds is 0. The van der Waals surface area contributed by atoms with Gasteiger partial charge in [-0.05, 0) is 102 Å². The fraction of sp³-hybridized carbons (Fsp3) is 0.769. The molecule has 2 nitrogen and oxygen atoms in total. The van der Waals surface area contributed by atoms with Gasteiger partial charge in [0.2, 0.25) is 0 Å². The third-order valence-electron chi connectivity index (χ3n) is 8.53. The van der Waals surface area contributed by atoms with Crippen molar-refractivity contribution in [3.05, 3.63) is 36.0 Å². The molecule has 28 heavy (non-hydrogen) atoms. The molecule has 5 heterocycles. The van der Waals surface area contributed by atoms with E-state index in [2.05, 4.69) is 40.2 Å². The lowest BCUT2D eigenvalue weighted by atomic mass is 9.52. The highest BCUT2D eigenvalue weighted by Crippen LogP contribution is 2.57. The molecule has 6 rings (SSSR count). The Kier molecular flexibility index (Phi) is 5.79. The first-order valence-electron chi connectivity index (χ1n) is 12.3. The third-order valence-corrected chi connectivity index (χ3v) is 8.53. The van der Waals surface area contributed by atoms with Crippen molar-refractivity contribution in [2.24, 2.45) is 17.3 Å². The minimum atomic E-state index is 0.512. The topological polar surface area (TPSA) is 6.48 Å². The molecular weight excluding hydrogens is 340 g/mol. The van der Waals surface area contributed by atoms with Crippen LogP contribution in [0.3, 0.4) is 0 Å². The molecule has 1 spiro atoms. The average Bonchev–Trinajstić information content (AvgIpc) is 2.73. The van der Waals surface area contributed by atoms with Crippen LogP contribution in [-0.2, 0) is 0 Å². The van der Waals surface area contributed by atoms with Gasteiger partial charge in [0, 0.05) is 24.5 Å². The zero-order chi connectivity index (χ0) is 18.8. The predicted molar refractivity (Wildman–Crippen MR) is 118 cm³/mol. The molecule has 154 valence electrons. The summed E-state index contributed by atoms with van der Waals surface area (Å²) in [6, 6.07) is 0.728. The predicted octanol–water partition coefficient (Wildman–Crippen LogP) is 5.58. The Hall–Kier alpha value is -0.860. The minimum absolute atomic E-state index is 0.512. The van der Waals surface area contributed by atoms with Crippen molar-refractivity contribution in [2.75, 3.05) is 32.7 Å². The van der Waals surface area contributed by atoms with Gasteiger partial charge in [0.1, 0.15) is 0 Å². The number of piperidine rings is 2. The summed E-state index contributed by atoms with van der Waals surface area (Å²) in [5.41, 5.74) is 2.33. The molecule has 0 saturated carbocycles. The molecule has 0 radical (unpaired) electrons. The van der Waals surface area contributed by atoms with Gasteiger partial charge in [0.15, 0.2) is 0 Å². The summed E-state index contributed by atoms with van der Waals surface area (Å²) in [6.07, 6.45) is 27.5. The molecule has 2 fully saturated rings. The van der Waals surface area contributed by atoms with Crippen LogP contribution in [0.25, 0.3) is 0 Å². The summed E-state index contributed by atoms with van der Waals surface area (Å²) in [5, 5.41) is 0. The molecular formula is C26H40N2. The first kappa shape index (κ1) is 19.1. The smallest absolute Gasteiger partial charge is 0.0379 e. The van der Waals surface area contributed by atoms with Crippen LogP contribution in [0.1, 0.15) is 70.6 Å². The van der Waals surface area contributed by atoms with E-state index in [1.807, 2.05) is 5.57 Å². The maximum Gasteiger partial charge on any atom is 0.0379 e. The fourth-order valence-corrected chi connectivity index (χ4v) is 7.44. The largest absolute Gasteiger partial charge is 0.303 e. The van der Waals surface area contributed by atoms with E-state index in [-0.39, 0.29) is 0 Å². The van der Waals surface area contributed by atoms with Crippen molar-refractivity contribution in [2.45, 2.75) is 76.7 Å². The second kappa shape index (κ2) is 8.48. The van der Waals surface area contributed by atoms with Gasteiger partial charge in [-0.3, -0.25) is 4.90 Å². The zero-order valence-corrected chi connectivity index (χ0v) is 17.8. The Balaban J connectivity index is 1.53. The Morgan fingerprint density at radius 1 is 0.821 bits per heavy atom. The summed E-state index contributed by atoms with van der Waals surface area (Å²) in [6.45, 7) is 6.73. The molecule has 2 heteroatoms. The summed E-state index contributed by atoms with van der Waals surface area (Å²) in [7, 11) is 0. The molecule has 6 aliphatic rings. The van der Waals surface area contributed by atoms with Crippen molar-refractivity contribution in [1.82, 2.24) is 9.80 Å². The Morgan fingerprint density at radius 2 is 1.61 bits per heavy atom. The highest BCUT2D eigenvalue weighted by Gasteiger charge is 2.58. The van der Waals surface area contributed by atoms with Crippen molar-refractivity contribution in [3.63, 3.8) is 0 Å². The SMILES string of the molecule is C1=C2CC/C=C\CCCCN3CCC4C1CN1CCCC/C=C\CC[C@@]4(C3)[C@H]21.